The Balaban J connectivity index is 1.79. The number of rotatable bonds is 5. The van der Waals surface area contributed by atoms with Gasteiger partial charge in [-0.25, -0.2) is 0 Å². The van der Waals surface area contributed by atoms with E-state index in [1.54, 1.807) is 6.07 Å². The maximum absolute atomic E-state index is 9.79. The van der Waals surface area contributed by atoms with Gasteiger partial charge < -0.3 is 10.4 Å². The highest BCUT2D eigenvalue weighted by Gasteiger charge is 2.17. The predicted octanol–water partition coefficient (Wildman–Crippen LogP) is 2.62. The number of phenols is 1. The number of halogens is 1. The van der Waals surface area contributed by atoms with Crippen molar-refractivity contribution in [1.82, 2.24) is 10.2 Å². The zero-order valence-electron chi connectivity index (χ0n) is 10.8. The van der Waals surface area contributed by atoms with Gasteiger partial charge in [0.05, 0.1) is 5.02 Å². The largest absolute Gasteiger partial charge is 0.506 e. The lowest BCUT2D eigenvalue weighted by atomic mass is 10.2. The summed E-state index contributed by atoms with van der Waals surface area (Å²) in [4.78, 5) is 2.50. The van der Waals surface area contributed by atoms with Gasteiger partial charge >= 0.3 is 0 Å². The molecule has 2 N–H and O–H groups in total. The van der Waals surface area contributed by atoms with Crippen LogP contribution in [0, 0.1) is 0 Å². The number of hydrogen-bond acceptors (Lipinski definition) is 3. The average molecular weight is 269 g/mol. The third-order valence-corrected chi connectivity index (χ3v) is 3.89. The molecule has 0 amide bonds. The van der Waals surface area contributed by atoms with Crippen LogP contribution < -0.4 is 5.32 Å². The summed E-state index contributed by atoms with van der Waals surface area (Å²) >= 11 is 5.87. The number of likely N-dealkylation sites (tertiary alicyclic amines) is 1. The van der Waals surface area contributed by atoms with E-state index in [0.29, 0.717) is 17.6 Å². The minimum Gasteiger partial charge on any atom is -0.506 e. The molecule has 1 fully saturated rings. The molecule has 1 aromatic rings. The summed E-state index contributed by atoms with van der Waals surface area (Å²) in [5.74, 6) is 0.195. The Morgan fingerprint density at radius 2 is 2.11 bits per heavy atom. The first-order valence-electron chi connectivity index (χ1n) is 6.59. The molecule has 0 saturated carbocycles. The van der Waals surface area contributed by atoms with Gasteiger partial charge in [0, 0.05) is 24.7 Å². The van der Waals surface area contributed by atoms with Crippen LogP contribution in [0.25, 0.3) is 0 Å². The fourth-order valence-corrected chi connectivity index (χ4v) is 2.62. The van der Waals surface area contributed by atoms with Crippen LogP contribution in [-0.2, 0) is 6.54 Å². The molecule has 2 rings (SSSR count). The van der Waals surface area contributed by atoms with E-state index in [1.807, 2.05) is 12.1 Å². The zero-order valence-corrected chi connectivity index (χ0v) is 11.6. The van der Waals surface area contributed by atoms with E-state index >= 15 is 0 Å². The molecule has 1 unspecified atom stereocenters. The minimum absolute atomic E-state index is 0.195. The van der Waals surface area contributed by atoms with Crippen molar-refractivity contribution in [3.8, 4) is 5.75 Å². The Hall–Kier alpha value is -0.770. The second-order valence-corrected chi connectivity index (χ2v) is 5.38. The Kier molecular flexibility index (Phi) is 4.87. The molecule has 4 heteroatoms. The van der Waals surface area contributed by atoms with Gasteiger partial charge in [0.15, 0.2) is 0 Å². The number of benzene rings is 1. The van der Waals surface area contributed by atoms with Gasteiger partial charge in [-0.2, -0.15) is 0 Å². The summed E-state index contributed by atoms with van der Waals surface area (Å²) in [6.45, 7) is 6.27. The summed E-state index contributed by atoms with van der Waals surface area (Å²) in [6, 6.07) is 6.01. The lowest BCUT2D eigenvalue weighted by Crippen LogP contribution is -2.38. The fraction of sp³-hybridized carbons (Fsp3) is 0.571. The lowest BCUT2D eigenvalue weighted by Gasteiger charge is -2.24. The third-order valence-electron chi connectivity index (χ3n) is 3.59. The highest BCUT2D eigenvalue weighted by molar-refractivity contribution is 6.32. The molecule has 1 aromatic carbocycles. The van der Waals surface area contributed by atoms with E-state index in [0.717, 1.165) is 12.1 Å². The van der Waals surface area contributed by atoms with Gasteiger partial charge in [0.2, 0.25) is 0 Å². The summed E-state index contributed by atoms with van der Waals surface area (Å²) < 4.78 is 0. The van der Waals surface area contributed by atoms with Gasteiger partial charge in [-0.15, -0.1) is 0 Å². The molecule has 0 aliphatic carbocycles. The first-order valence-corrected chi connectivity index (χ1v) is 6.97. The summed E-state index contributed by atoms with van der Waals surface area (Å²) in [7, 11) is 0. The van der Waals surface area contributed by atoms with Crippen molar-refractivity contribution < 1.29 is 5.11 Å². The van der Waals surface area contributed by atoms with Gasteiger partial charge in [0.25, 0.3) is 0 Å². The van der Waals surface area contributed by atoms with Crippen molar-refractivity contribution in [2.45, 2.75) is 32.4 Å². The van der Waals surface area contributed by atoms with Crippen LogP contribution in [0.4, 0.5) is 0 Å². The van der Waals surface area contributed by atoms with Gasteiger partial charge in [-0.05, 0) is 38.9 Å². The number of para-hydroxylation sites is 1. The lowest BCUT2D eigenvalue weighted by molar-refractivity contribution is 0.251. The molecule has 18 heavy (non-hydrogen) atoms. The van der Waals surface area contributed by atoms with E-state index < -0.39 is 0 Å². The summed E-state index contributed by atoms with van der Waals surface area (Å²) in [6.07, 6.45) is 2.64. The van der Waals surface area contributed by atoms with Crippen molar-refractivity contribution >= 4 is 11.6 Å². The molecular formula is C14H21ClN2O. The number of phenolic OH excluding ortho intramolecular Hbond substituents is 1. The molecular weight excluding hydrogens is 248 g/mol. The standard InChI is InChI=1S/C14H21ClN2O/c1-11(17-7-2-3-8-17)9-16-10-12-5-4-6-13(15)14(12)18/h4-6,11,16,18H,2-3,7-10H2,1H3. The van der Waals surface area contributed by atoms with Crippen molar-refractivity contribution in [2.75, 3.05) is 19.6 Å². The topological polar surface area (TPSA) is 35.5 Å². The number of hydrogen-bond donors (Lipinski definition) is 2. The van der Waals surface area contributed by atoms with E-state index in [4.69, 9.17) is 11.6 Å². The molecule has 0 spiro atoms. The Bertz CT molecular complexity index is 391. The predicted molar refractivity (Wildman–Crippen MR) is 75.1 cm³/mol. The monoisotopic (exact) mass is 268 g/mol. The number of nitrogens with one attached hydrogen (secondary N) is 1. The van der Waals surface area contributed by atoms with Crippen LogP contribution in [0.1, 0.15) is 25.3 Å². The highest BCUT2D eigenvalue weighted by Crippen LogP contribution is 2.26. The fourth-order valence-electron chi connectivity index (χ4n) is 2.43. The molecule has 1 aliphatic rings. The maximum atomic E-state index is 9.79. The van der Waals surface area contributed by atoms with Crippen molar-refractivity contribution in [1.29, 1.82) is 0 Å². The molecule has 100 valence electrons. The van der Waals surface area contributed by atoms with Gasteiger partial charge in [-0.3, -0.25) is 4.90 Å². The first kappa shape index (κ1) is 13.7. The van der Waals surface area contributed by atoms with Crippen LogP contribution in [0.2, 0.25) is 5.02 Å². The van der Waals surface area contributed by atoms with Crippen LogP contribution in [0.3, 0.4) is 0 Å². The number of nitrogens with zero attached hydrogens (tertiary/aromatic N) is 1. The Labute approximate surface area is 114 Å². The Morgan fingerprint density at radius 3 is 2.83 bits per heavy atom. The maximum Gasteiger partial charge on any atom is 0.138 e. The first-order chi connectivity index (χ1) is 8.68. The van der Waals surface area contributed by atoms with Crippen LogP contribution in [0.15, 0.2) is 18.2 Å². The van der Waals surface area contributed by atoms with Crippen LogP contribution in [0.5, 0.6) is 5.75 Å². The third kappa shape index (κ3) is 3.37. The van der Waals surface area contributed by atoms with Crippen LogP contribution >= 0.6 is 11.6 Å². The second kappa shape index (κ2) is 6.41. The van der Waals surface area contributed by atoms with Gasteiger partial charge in [0.1, 0.15) is 5.75 Å². The summed E-state index contributed by atoms with van der Waals surface area (Å²) in [5, 5.41) is 13.6. The number of aromatic hydroxyl groups is 1. The molecule has 3 nitrogen and oxygen atoms in total. The van der Waals surface area contributed by atoms with E-state index in [1.165, 1.54) is 25.9 Å². The van der Waals surface area contributed by atoms with Crippen molar-refractivity contribution in [3.05, 3.63) is 28.8 Å². The highest BCUT2D eigenvalue weighted by atomic mass is 35.5. The molecule has 1 atom stereocenters. The molecule has 1 heterocycles. The summed E-state index contributed by atoms with van der Waals surface area (Å²) in [5.41, 5.74) is 0.858. The molecule has 1 saturated heterocycles. The zero-order chi connectivity index (χ0) is 13.0. The normalized spacial score (nSPS) is 18.1. The SMILES string of the molecule is CC(CNCc1cccc(Cl)c1O)N1CCCC1. The Morgan fingerprint density at radius 1 is 1.39 bits per heavy atom. The van der Waals surface area contributed by atoms with E-state index in [9.17, 15) is 5.11 Å². The van der Waals surface area contributed by atoms with E-state index in [2.05, 4.69) is 17.1 Å². The molecule has 0 bridgehead atoms. The molecule has 1 aliphatic heterocycles. The van der Waals surface area contributed by atoms with E-state index in [-0.39, 0.29) is 5.75 Å². The second-order valence-electron chi connectivity index (χ2n) is 4.97. The smallest absolute Gasteiger partial charge is 0.138 e. The average Bonchev–Trinajstić information content (AvgIpc) is 2.88. The van der Waals surface area contributed by atoms with Gasteiger partial charge in [-0.1, -0.05) is 23.7 Å². The quantitative estimate of drug-likeness (QED) is 0.862. The van der Waals surface area contributed by atoms with Crippen molar-refractivity contribution in [2.24, 2.45) is 0 Å². The minimum atomic E-state index is 0.195. The van der Waals surface area contributed by atoms with Crippen molar-refractivity contribution in [3.63, 3.8) is 0 Å². The van der Waals surface area contributed by atoms with Crippen LogP contribution in [-0.4, -0.2) is 35.7 Å². The molecule has 0 aromatic heterocycles. The molecule has 0 radical (unpaired) electrons.